The van der Waals surface area contributed by atoms with Crippen molar-refractivity contribution in [2.24, 2.45) is 11.8 Å². The van der Waals surface area contributed by atoms with Gasteiger partial charge in [0.1, 0.15) is 5.75 Å². The minimum Gasteiger partial charge on any atom is -0.497 e. The zero-order chi connectivity index (χ0) is 17.8. The third-order valence-electron chi connectivity index (χ3n) is 4.20. The highest BCUT2D eigenvalue weighted by molar-refractivity contribution is 6.30. The molecule has 2 atom stereocenters. The molecule has 1 aliphatic carbocycles. The van der Waals surface area contributed by atoms with E-state index in [4.69, 9.17) is 16.3 Å². The van der Waals surface area contributed by atoms with Crippen molar-refractivity contribution in [1.82, 2.24) is 5.32 Å². The molecular weight excluding hydrogens is 340 g/mol. The molecule has 130 valence electrons. The van der Waals surface area contributed by atoms with E-state index in [1.165, 1.54) is 0 Å². The number of amides is 2. The van der Waals surface area contributed by atoms with Crippen LogP contribution < -0.4 is 15.4 Å². The van der Waals surface area contributed by atoms with Crippen molar-refractivity contribution in [2.45, 2.75) is 13.0 Å². The Morgan fingerprint density at radius 3 is 2.32 bits per heavy atom. The van der Waals surface area contributed by atoms with Gasteiger partial charge in [0.2, 0.25) is 11.8 Å². The molecule has 25 heavy (non-hydrogen) atoms. The quantitative estimate of drug-likeness (QED) is 0.833. The maximum Gasteiger partial charge on any atom is 0.228 e. The maximum absolute atomic E-state index is 12.2. The largest absolute Gasteiger partial charge is 0.497 e. The van der Waals surface area contributed by atoms with Crippen molar-refractivity contribution in [1.29, 1.82) is 0 Å². The van der Waals surface area contributed by atoms with Crippen LogP contribution in [0.5, 0.6) is 5.75 Å². The normalized spacial score (nSPS) is 18.3. The average Bonchev–Trinajstić information content (AvgIpc) is 3.43. The second kappa shape index (κ2) is 7.57. The van der Waals surface area contributed by atoms with Crippen LogP contribution in [-0.4, -0.2) is 18.9 Å². The van der Waals surface area contributed by atoms with Crippen LogP contribution in [0.3, 0.4) is 0 Å². The molecule has 1 saturated carbocycles. The number of hydrogen-bond acceptors (Lipinski definition) is 3. The zero-order valence-electron chi connectivity index (χ0n) is 13.8. The fraction of sp³-hybridized carbons (Fsp3) is 0.263. The Labute approximate surface area is 151 Å². The highest BCUT2D eigenvalue weighted by Gasteiger charge is 2.47. The lowest BCUT2D eigenvalue weighted by Gasteiger charge is -2.07. The fourth-order valence-corrected chi connectivity index (χ4v) is 2.73. The maximum atomic E-state index is 12.2. The monoisotopic (exact) mass is 358 g/mol. The third kappa shape index (κ3) is 4.51. The van der Waals surface area contributed by atoms with Gasteiger partial charge in [-0.05, 0) is 48.4 Å². The molecule has 2 aromatic carbocycles. The van der Waals surface area contributed by atoms with Crippen molar-refractivity contribution in [3.8, 4) is 5.75 Å². The van der Waals surface area contributed by atoms with Crippen molar-refractivity contribution in [3.05, 3.63) is 59.1 Å². The lowest BCUT2D eigenvalue weighted by atomic mass is 10.2. The van der Waals surface area contributed by atoms with Crippen LogP contribution in [0, 0.1) is 11.8 Å². The second-order valence-corrected chi connectivity index (χ2v) is 6.45. The Morgan fingerprint density at radius 2 is 1.68 bits per heavy atom. The van der Waals surface area contributed by atoms with Gasteiger partial charge in [-0.25, -0.2) is 0 Å². The van der Waals surface area contributed by atoms with Crippen molar-refractivity contribution in [2.75, 3.05) is 12.4 Å². The van der Waals surface area contributed by atoms with E-state index in [1.807, 2.05) is 24.3 Å². The summed E-state index contributed by atoms with van der Waals surface area (Å²) in [5.74, 6) is 0.0206. The van der Waals surface area contributed by atoms with Gasteiger partial charge in [-0.3, -0.25) is 9.59 Å². The summed E-state index contributed by atoms with van der Waals surface area (Å²) >= 11 is 5.82. The summed E-state index contributed by atoms with van der Waals surface area (Å²) in [6.07, 6.45) is 0.577. The first-order valence-corrected chi connectivity index (χ1v) is 8.41. The molecule has 2 aromatic rings. The molecule has 0 spiro atoms. The van der Waals surface area contributed by atoms with Crippen LogP contribution in [0.25, 0.3) is 0 Å². The number of rotatable bonds is 6. The molecule has 1 aliphatic rings. The van der Waals surface area contributed by atoms with Crippen LogP contribution >= 0.6 is 11.6 Å². The van der Waals surface area contributed by atoms with Gasteiger partial charge in [-0.15, -0.1) is 0 Å². The van der Waals surface area contributed by atoms with Crippen LogP contribution in [0.1, 0.15) is 12.0 Å². The van der Waals surface area contributed by atoms with Gasteiger partial charge < -0.3 is 15.4 Å². The first-order valence-electron chi connectivity index (χ1n) is 8.04. The van der Waals surface area contributed by atoms with E-state index >= 15 is 0 Å². The molecule has 0 aliphatic heterocycles. The standard InChI is InChI=1S/C19H19ClN2O3/c1-25-15-8-2-12(3-9-15)11-21-18(23)16-10-17(16)19(24)22-14-6-4-13(20)5-7-14/h2-9,16-17H,10-11H2,1H3,(H,21,23)(H,22,24). The van der Waals surface area contributed by atoms with Crippen LogP contribution in [0.2, 0.25) is 5.02 Å². The Kier molecular flexibility index (Phi) is 5.24. The first kappa shape index (κ1) is 17.3. The Bertz CT molecular complexity index is 759. The molecule has 0 bridgehead atoms. The molecule has 2 unspecified atom stereocenters. The van der Waals surface area contributed by atoms with Gasteiger partial charge in [0.05, 0.1) is 18.9 Å². The fourth-order valence-electron chi connectivity index (χ4n) is 2.61. The molecule has 0 aromatic heterocycles. The number of ether oxygens (including phenoxy) is 1. The summed E-state index contributed by atoms with van der Waals surface area (Å²) in [4.78, 5) is 24.4. The predicted octanol–water partition coefficient (Wildman–Crippen LogP) is 3.24. The summed E-state index contributed by atoms with van der Waals surface area (Å²) in [6, 6.07) is 14.4. The van der Waals surface area contributed by atoms with Crippen molar-refractivity contribution >= 4 is 29.1 Å². The molecule has 6 heteroatoms. The summed E-state index contributed by atoms with van der Waals surface area (Å²) in [7, 11) is 1.61. The predicted molar refractivity (Wildman–Crippen MR) is 96.5 cm³/mol. The number of methoxy groups -OCH3 is 1. The van der Waals surface area contributed by atoms with E-state index in [2.05, 4.69) is 10.6 Å². The molecule has 1 fully saturated rings. The zero-order valence-corrected chi connectivity index (χ0v) is 14.5. The van der Waals surface area contributed by atoms with Gasteiger partial charge in [-0.1, -0.05) is 23.7 Å². The number of carbonyl (C=O) groups excluding carboxylic acids is 2. The van der Waals surface area contributed by atoms with Gasteiger partial charge in [0.25, 0.3) is 0 Å². The van der Waals surface area contributed by atoms with E-state index in [9.17, 15) is 9.59 Å². The third-order valence-corrected chi connectivity index (χ3v) is 4.45. The average molecular weight is 359 g/mol. The Hall–Kier alpha value is -2.53. The number of anilines is 1. The van der Waals surface area contributed by atoms with Gasteiger partial charge in [0, 0.05) is 17.3 Å². The highest BCUT2D eigenvalue weighted by Crippen LogP contribution is 2.39. The Morgan fingerprint density at radius 1 is 1.04 bits per heavy atom. The number of nitrogens with one attached hydrogen (secondary N) is 2. The van der Waals surface area contributed by atoms with Crippen LogP contribution in [0.4, 0.5) is 5.69 Å². The molecule has 0 radical (unpaired) electrons. The molecule has 0 saturated heterocycles. The van der Waals surface area contributed by atoms with Gasteiger partial charge in [-0.2, -0.15) is 0 Å². The van der Waals surface area contributed by atoms with E-state index in [0.717, 1.165) is 11.3 Å². The highest BCUT2D eigenvalue weighted by atomic mass is 35.5. The second-order valence-electron chi connectivity index (χ2n) is 6.01. The lowest BCUT2D eigenvalue weighted by Crippen LogP contribution is -2.27. The van der Waals surface area contributed by atoms with E-state index < -0.39 is 0 Å². The van der Waals surface area contributed by atoms with E-state index in [-0.39, 0.29) is 23.7 Å². The van der Waals surface area contributed by atoms with Gasteiger partial charge >= 0.3 is 0 Å². The number of hydrogen-bond donors (Lipinski definition) is 2. The molecule has 3 rings (SSSR count). The SMILES string of the molecule is COc1ccc(CNC(=O)C2CC2C(=O)Nc2ccc(Cl)cc2)cc1. The number of halogens is 1. The first-order chi connectivity index (χ1) is 12.1. The van der Waals surface area contributed by atoms with Crippen molar-refractivity contribution in [3.63, 3.8) is 0 Å². The summed E-state index contributed by atoms with van der Waals surface area (Å²) < 4.78 is 5.10. The van der Waals surface area contributed by atoms with Gasteiger partial charge in [0.15, 0.2) is 0 Å². The molecule has 2 amide bonds. The molecule has 2 N–H and O–H groups in total. The van der Waals surface area contributed by atoms with Crippen LogP contribution in [0.15, 0.2) is 48.5 Å². The Balaban J connectivity index is 1.46. The molecule has 5 nitrogen and oxygen atoms in total. The topological polar surface area (TPSA) is 67.4 Å². The molecule has 0 heterocycles. The van der Waals surface area contributed by atoms with E-state index in [0.29, 0.717) is 23.7 Å². The lowest BCUT2D eigenvalue weighted by molar-refractivity contribution is -0.125. The summed E-state index contributed by atoms with van der Waals surface area (Å²) in [6.45, 7) is 0.435. The summed E-state index contributed by atoms with van der Waals surface area (Å²) in [5, 5.41) is 6.30. The van der Waals surface area contributed by atoms with E-state index in [1.54, 1.807) is 31.4 Å². The minimum absolute atomic E-state index is 0.0907. The minimum atomic E-state index is -0.272. The number of carbonyl (C=O) groups is 2. The van der Waals surface area contributed by atoms with Crippen molar-refractivity contribution < 1.29 is 14.3 Å². The summed E-state index contributed by atoms with van der Waals surface area (Å²) in [5.41, 5.74) is 1.66. The van der Waals surface area contributed by atoms with Crippen LogP contribution in [-0.2, 0) is 16.1 Å². The number of benzene rings is 2. The molecular formula is C19H19ClN2O3. The smallest absolute Gasteiger partial charge is 0.228 e.